The number of nitrogens with one attached hydrogen (secondary N) is 2. The normalized spacial score (nSPS) is 24.3. The fraction of sp³-hybridized carbons (Fsp3) is 0.500. The third kappa shape index (κ3) is 6.68. The van der Waals surface area contributed by atoms with Crippen molar-refractivity contribution in [3.05, 3.63) is 63.2 Å². The molecule has 1 unspecified atom stereocenters. The molecule has 0 amide bonds. The Kier molecular flexibility index (Phi) is 8.85. The zero-order chi connectivity index (χ0) is 26.6. The maximum absolute atomic E-state index is 13.8. The number of aromatic nitrogens is 2. The van der Waals surface area contributed by atoms with Gasteiger partial charge in [0.15, 0.2) is 0 Å². The summed E-state index contributed by atoms with van der Waals surface area (Å²) in [6, 6.07) is 7.00. The van der Waals surface area contributed by atoms with Crippen LogP contribution in [0.15, 0.2) is 46.1 Å². The Morgan fingerprint density at radius 1 is 1.28 bits per heavy atom. The predicted molar refractivity (Wildman–Crippen MR) is 125 cm³/mol. The molecule has 3 rings (SSSR count). The van der Waals surface area contributed by atoms with Gasteiger partial charge in [-0.25, -0.2) is 9.36 Å². The molecular formula is C22H29FN3O9P. The van der Waals surface area contributed by atoms with Crippen molar-refractivity contribution >= 4 is 13.7 Å². The molecule has 1 aromatic heterocycles. The van der Waals surface area contributed by atoms with Gasteiger partial charge in [-0.05, 0) is 32.9 Å². The fourth-order valence-electron chi connectivity index (χ4n) is 3.50. The molecule has 1 aromatic carbocycles. The van der Waals surface area contributed by atoms with E-state index >= 15 is 0 Å². The summed E-state index contributed by atoms with van der Waals surface area (Å²) in [4.78, 5) is 37.6. The lowest BCUT2D eigenvalue weighted by molar-refractivity contribution is -0.149. The number of aliphatic hydroxyl groups excluding tert-OH is 1. The van der Waals surface area contributed by atoms with Gasteiger partial charge in [0.25, 0.3) is 5.56 Å². The molecule has 2 heterocycles. The number of aliphatic hydroxyl groups is 1. The highest BCUT2D eigenvalue weighted by atomic mass is 31.2. The van der Waals surface area contributed by atoms with Gasteiger partial charge in [-0.2, -0.15) is 9.48 Å². The number of rotatable bonds is 10. The average Bonchev–Trinajstić information content (AvgIpc) is 3.08. The molecule has 1 aliphatic rings. The van der Waals surface area contributed by atoms with Crippen LogP contribution < -0.4 is 20.9 Å². The standard InChI is InChI=1S/C22H29FN3O9P/c1-12(2)33-21(29)14(4)25-36(31,35-15-8-6-5-7-9-15)32-11-17-18(27)13(3)20(34-17)26-10-16(23)19(28)24-22(26)30/h5-10,12-14,17-18,20,27H,11H2,1-4H3,(H,25,31)(H,24,28,30)/t13-,14+,17+,18-,20+,36?/m0/s1. The van der Waals surface area contributed by atoms with Gasteiger partial charge >= 0.3 is 19.4 Å². The molecule has 0 saturated carbocycles. The molecule has 6 atom stereocenters. The van der Waals surface area contributed by atoms with Crippen molar-refractivity contribution in [3.63, 3.8) is 0 Å². The number of para-hydroxylation sites is 1. The Morgan fingerprint density at radius 3 is 2.58 bits per heavy atom. The van der Waals surface area contributed by atoms with Gasteiger partial charge in [0, 0.05) is 5.92 Å². The van der Waals surface area contributed by atoms with E-state index in [1.54, 1.807) is 39.0 Å². The molecule has 1 aliphatic heterocycles. The van der Waals surface area contributed by atoms with Gasteiger partial charge in [0.05, 0.1) is 25.0 Å². The van der Waals surface area contributed by atoms with E-state index in [4.69, 9.17) is 18.5 Å². The monoisotopic (exact) mass is 529 g/mol. The molecule has 14 heteroatoms. The number of aromatic amines is 1. The van der Waals surface area contributed by atoms with E-state index < -0.39 is 73.9 Å². The van der Waals surface area contributed by atoms with Crippen LogP contribution in [0, 0.1) is 11.7 Å². The number of H-pyrrole nitrogens is 1. The zero-order valence-corrected chi connectivity index (χ0v) is 21.0. The molecule has 3 N–H and O–H groups in total. The zero-order valence-electron chi connectivity index (χ0n) is 20.1. The van der Waals surface area contributed by atoms with Crippen LogP contribution in [0.1, 0.15) is 33.9 Å². The van der Waals surface area contributed by atoms with E-state index in [0.29, 0.717) is 6.20 Å². The summed E-state index contributed by atoms with van der Waals surface area (Å²) in [7, 11) is -4.23. The third-order valence-electron chi connectivity index (χ3n) is 5.32. The first-order chi connectivity index (χ1) is 16.9. The van der Waals surface area contributed by atoms with Crippen molar-refractivity contribution in [2.75, 3.05) is 6.61 Å². The molecule has 0 radical (unpaired) electrons. The van der Waals surface area contributed by atoms with Crippen molar-refractivity contribution < 1.29 is 37.4 Å². The molecule has 198 valence electrons. The number of carbonyl (C=O) groups excluding carboxylic acids is 1. The van der Waals surface area contributed by atoms with Crippen LogP contribution in [0.5, 0.6) is 5.75 Å². The number of ether oxygens (including phenoxy) is 2. The summed E-state index contributed by atoms with van der Waals surface area (Å²) >= 11 is 0. The Labute approximate surface area is 205 Å². The minimum absolute atomic E-state index is 0.187. The first-order valence-corrected chi connectivity index (χ1v) is 12.8. The summed E-state index contributed by atoms with van der Waals surface area (Å²) < 4.78 is 50.0. The Hall–Kier alpha value is -2.83. The van der Waals surface area contributed by atoms with E-state index in [9.17, 15) is 28.4 Å². The van der Waals surface area contributed by atoms with E-state index in [0.717, 1.165) is 4.57 Å². The second-order valence-corrected chi connectivity index (χ2v) is 10.3. The maximum atomic E-state index is 13.8. The molecule has 0 spiro atoms. The predicted octanol–water partition coefficient (Wildman–Crippen LogP) is 1.70. The number of esters is 1. The highest BCUT2D eigenvalue weighted by Crippen LogP contribution is 2.46. The minimum Gasteiger partial charge on any atom is -0.462 e. The van der Waals surface area contributed by atoms with Crippen LogP contribution in [0.2, 0.25) is 0 Å². The van der Waals surface area contributed by atoms with Crippen LogP contribution in [0.4, 0.5) is 4.39 Å². The topological polar surface area (TPSA) is 158 Å². The minimum atomic E-state index is -4.23. The van der Waals surface area contributed by atoms with E-state index in [1.807, 2.05) is 4.98 Å². The first-order valence-electron chi connectivity index (χ1n) is 11.2. The van der Waals surface area contributed by atoms with Crippen molar-refractivity contribution in [1.82, 2.24) is 14.6 Å². The largest absolute Gasteiger partial charge is 0.462 e. The Bertz CT molecular complexity index is 1220. The third-order valence-corrected chi connectivity index (χ3v) is 6.96. The van der Waals surface area contributed by atoms with Crippen molar-refractivity contribution in [2.45, 2.75) is 58.3 Å². The Morgan fingerprint density at radius 2 is 1.94 bits per heavy atom. The lowest BCUT2D eigenvalue weighted by Crippen LogP contribution is -2.37. The van der Waals surface area contributed by atoms with Crippen molar-refractivity contribution in [2.24, 2.45) is 5.92 Å². The second-order valence-electron chi connectivity index (χ2n) is 8.59. The molecule has 12 nitrogen and oxygen atoms in total. The van der Waals surface area contributed by atoms with Crippen LogP contribution in [-0.4, -0.2) is 51.6 Å². The second kappa shape index (κ2) is 11.5. The lowest BCUT2D eigenvalue weighted by Gasteiger charge is -2.25. The van der Waals surface area contributed by atoms with Gasteiger partial charge in [-0.1, -0.05) is 25.1 Å². The van der Waals surface area contributed by atoms with Crippen LogP contribution in [0.3, 0.4) is 0 Å². The number of halogens is 1. The quantitative estimate of drug-likeness (QED) is 0.306. The molecule has 0 bridgehead atoms. The summed E-state index contributed by atoms with van der Waals surface area (Å²) in [5, 5.41) is 13.2. The highest BCUT2D eigenvalue weighted by molar-refractivity contribution is 7.52. The van der Waals surface area contributed by atoms with Gasteiger partial charge in [-0.15, -0.1) is 0 Å². The fourth-order valence-corrected chi connectivity index (χ4v) is 5.01. The number of nitrogens with zero attached hydrogens (tertiary/aromatic N) is 1. The summed E-state index contributed by atoms with van der Waals surface area (Å²) in [5.41, 5.74) is -2.11. The van der Waals surface area contributed by atoms with Gasteiger partial charge < -0.3 is 19.1 Å². The maximum Gasteiger partial charge on any atom is 0.459 e. The van der Waals surface area contributed by atoms with Crippen molar-refractivity contribution in [3.8, 4) is 5.75 Å². The summed E-state index contributed by atoms with van der Waals surface area (Å²) in [5.74, 6) is -2.43. The number of carbonyl (C=O) groups is 1. The van der Waals surface area contributed by atoms with Crippen LogP contribution >= 0.6 is 7.75 Å². The molecule has 1 saturated heterocycles. The first kappa shape index (κ1) is 27.8. The highest BCUT2D eigenvalue weighted by Gasteiger charge is 2.44. The summed E-state index contributed by atoms with van der Waals surface area (Å²) in [6.07, 6.45) is -3.19. The number of benzene rings is 1. The average molecular weight is 529 g/mol. The molecule has 1 fully saturated rings. The van der Waals surface area contributed by atoms with Crippen LogP contribution in [0.25, 0.3) is 0 Å². The van der Waals surface area contributed by atoms with Gasteiger partial charge in [0.1, 0.15) is 24.1 Å². The van der Waals surface area contributed by atoms with Crippen LogP contribution in [-0.2, 0) is 23.4 Å². The number of hydrogen-bond acceptors (Lipinski definition) is 9. The molecule has 36 heavy (non-hydrogen) atoms. The molecule has 2 aromatic rings. The SMILES string of the molecule is CC(C)OC(=O)[C@@H](C)NP(=O)(OC[C@H]1O[C@@H](n2cc(F)c(=O)[nH]c2=O)[C@@H](C)[C@@H]1O)Oc1ccccc1. The van der Waals surface area contributed by atoms with Gasteiger partial charge in [0.2, 0.25) is 5.82 Å². The van der Waals surface area contributed by atoms with E-state index in [1.165, 1.54) is 19.1 Å². The molecular weight excluding hydrogens is 500 g/mol. The molecule has 0 aliphatic carbocycles. The van der Waals surface area contributed by atoms with E-state index in [2.05, 4.69) is 5.09 Å². The Balaban J connectivity index is 1.77. The summed E-state index contributed by atoms with van der Waals surface area (Å²) in [6.45, 7) is 5.82. The van der Waals surface area contributed by atoms with E-state index in [-0.39, 0.29) is 5.75 Å². The van der Waals surface area contributed by atoms with Crippen molar-refractivity contribution in [1.29, 1.82) is 0 Å². The lowest BCUT2D eigenvalue weighted by atomic mass is 10.0. The smallest absolute Gasteiger partial charge is 0.459 e. The number of hydrogen-bond donors (Lipinski definition) is 3. The van der Waals surface area contributed by atoms with Gasteiger partial charge in [-0.3, -0.25) is 23.7 Å².